The van der Waals surface area contributed by atoms with E-state index in [-0.39, 0.29) is 24.4 Å². The molecule has 22 heavy (non-hydrogen) atoms. The minimum Gasteiger partial charge on any atom is -0.338 e. The van der Waals surface area contributed by atoms with E-state index in [1.54, 1.807) is 11.0 Å². The summed E-state index contributed by atoms with van der Waals surface area (Å²) in [5.41, 5.74) is 6.56. The Labute approximate surface area is 126 Å². The number of hydrogen-bond acceptors (Lipinski definition) is 2. The number of rotatable bonds is 1. The molecule has 2 atom stereocenters. The molecular formula is C16H17F3N2O. The van der Waals surface area contributed by atoms with Crippen LogP contribution in [0.2, 0.25) is 0 Å². The first-order chi connectivity index (χ1) is 10.3. The number of hydrogen-bond donors (Lipinski definition) is 1. The number of nitrogens with two attached hydrogens (primary N) is 1. The molecule has 2 aliphatic rings. The summed E-state index contributed by atoms with van der Waals surface area (Å²) in [7, 11) is 0. The Morgan fingerprint density at radius 2 is 2.00 bits per heavy atom. The zero-order valence-electron chi connectivity index (χ0n) is 11.9. The van der Waals surface area contributed by atoms with Crippen LogP contribution in [0.1, 0.15) is 23.1 Å². The molecule has 1 amide bonds. The van der Waals surface area contributed by atoms with Gasteiger partial charge in [0, 0.05) is 19.1 Å². The molecule has 1 aromatic carbocycles. The molecule has 1 aromatic rings. The lowest BCUT2D eigenvalue weighted by Crippen LogP contribution is -2.39. The van der Waals surface area contributed by atoms with Crippen LogP contribution < -0.4 is 5.73 Å². The maximum Gasteiger partial charge on any atom is 0.416 e. The zero-order valence-corrected chi connectivity index (χ0v) is 11.9. The number of nitrogens with zero attached hydrogens (tertiary/aromatic N) is 1. The first-order valence-electron chi connectivity index (χ1n) is 7.26. The van der Waals surface area contributed by atoms with Gasteiger partial charge < -0.3 is 10.6 Å². The normalized spacial score (nSPS) is 24.5. The van der Waals surface area contributed by atoms with E-state index >= 15 is 0 Å². The summed E-state index contributed by atoms with van der Waals surface area (Å²) in [5.74, 6) is -0.297. The summed E-state index contributed by atoms with van der Waals surface area (Å²) in [4.78, 5) is 14.1. The average molecular weight is 310 g/mol. The van der Waals surface area contributed by atoms with E-state index in [1.165, 1.54) is 6.07 Å². The second-order valence-electron chi connectivity index (χ2n) is 5.88. The second kappa shape index (κ2) is 5.43. The molecule has 0 saturated carbocycles. The number of benzene rings is 1. The van der Waals surface area contributed by atoms with Gasteiger partial charge in [-0.05, 0) is 36.1 Å². The molecule has 2 N–H and O–H groups in total. The van der Waals surface area contributed by atoms with Crippen LogP contribution in [-0.4, -0.2) is 23.4 Å². The number of amides is 1. The highest BCUT2D eigenvalue weighted by atomic mass is 19.4. The maximum atomic E-state index is 12.8. The Kier molecular flexibility index (Phi) is 3.72. The van der Waals surface area contributed by atoms with Gasteiger partial charge in [0.25, 0.3) is 0 Å². The highest BCUT2D eigenvalue weighted by molar-refractivity contribution is 5.81. The predicted octanol–water partition coefficient (Wildman–Crippen LogP) is 2.49. The molecule has 1 aliphatic carbocycles. The topological polar surface area (TPSA) is 46.3 Å². The molecule has 3 rings (SSSR count). The highest BCUT2D eigenvalue weighted by Crippen LogP contribution is 2.32. The molecule has 0 aromatic heterocycles. The van der Waals surface area contributed by atoms with Gasteiger partial charge in [-0.2, -0.15) is 13.2 Å². The highest BCUT2D eigenvalue weighted by Gasteiger charge is 2.33. The van der Waals surface area contributed by atoms with Crippen molar-refractivity contribution < 1.29 is 18.0 Å². The summed E-state index contributed by atoms with van der Waals surface area (Å²) >= 11 is 0. The van der Waals surface area contributed by atoms with Crippen molar-refractivity contribution in [3.05, 3.63) is 47.0 Å². The number of alkyl halides is 3. The molecule has 0 fully saturated rings. The van der Waals surface area contributed by atoms with Crippen molar-refractivity contribution >= 4 is 5.91 Å². The largest absolute Gasteiger partial charge is 0.416 e. The van der Waals surface area contributed by atoms with Crippen LogP contribution in [0.5, 0.6) is 0 Å². The Hall–Kier alpha value is -1.82. The number of carbonyl (C=O) groups is 1. The van der Waals surface area contributed by atoms with Crippen LogP contribution in [-0.2, 0) is 23.9 Å². The molecule has 0 saturated heterocycles. The average Bonchev–Trinajstić information content (AvgIpc) is 2.91. The van der Waals surface area contributed by atoms with Crippen molar-refractivity contribution in [3.8, 4) is 0 Å². The van der Waals surface area contributed by atoms with Gasteiger partial charge in [-0.15, -0.1) is 0 Å². The molecule has 6 heteroatoms. The van der Waals surface area contributed by atoms with Crippen molar-refractivity contribution in [2.75, 3.05) is 6.54 Å². The van der Waals surface area contributed by atoms with Gasteiger partial charge >= 0.3 is 6.18 Å². The van der Waals surface area contributed by atoms with Crippen molar-refractivity contribution in [1.29, 1.82) is 0 Å². The lowest BCUT2D eigenvalue weighted by Gasteiger charge is -2.31. The molecule has 3 nitrogen and oxygen atoms in total. The summed E-state index contributed by atoms with van der Waals surface area (Å²) in [6, 6.07) is 3.67. The lowest BCUT2D eigenvalue weighted by molar-refractivity contribution is -0.137. The third kappa shape index (κ3) is 2.88. The summed E-state index contributed by atoms with van der Waals surface area (Å²) in [6.07, 6.45) is 0.408. The van der Waals surface area contributed by atoms with Crippen LogP contribution in [0.15, 0.2) is 30.4 Å². The van der Waals surface area contributed by atoms with E-state index in [2.05, 4.69) is 0 Å². The SMILES string of the molecule is NC1C=CC(C(=O)N2CCc3ccc(C(F)(F)F)cc3C2)C1. The first-order valence-corrected chi connectivity index (χ1v) is 7.26. The third-order valence-electron chi connectivity index (χ3n) is 4.29. The third-order valence-corrected chi connectivity index (χ3v) is 4.29. The van der Waals surface area contributed by atoms with Gasteiger partial charge in [-0.1, -0.05) is 18.2 Å². The fourth-order valence-electron chi connectivity index (χ4n) is 3.07. The number of carbonyl (C=O) groups excluding carboxylic acids is 1. The molecular weight excluding hydrogens is 293 g/mol. The molecule has 1 heterocycles. The zero-order chi connectivity index (χ0) is 15.9. The van der Waals surface area contributed by atoms with Crippen LogP contribution in [0.25, 0.3) is 0 Å². The minimum absolute atomic E-state index is 0.0488. The van der Waals surface area contributed by atoms with Gasteiger partial charge in [0.2, 0.25) is 5.91 Å². The minimum atomic E-state index is -4.36. The Morgan fingerprint density at radius 3 is 2.64 bits per heavy atom. The van der Waals surface area contributed by atoms with E-state index < -0.39 is 11.7 Å². The fraction of sp³-hybridized carbons (Fsp3) is 0.438. The van der Waals surface area contributed by atoms with Crippen LogP contribution >= 0.6 is 0 Å². The van der Waals surface area contributed by atoms with E-state index in [4.69, 9.17) is 5.73 Å². The van der Waals surface area contributed by atoms with Crippen LogP contribution in [0.3, 0.4) is 0 Å². The first kappa shape index (κ1) is 15.1. The Balaban J connectivity index is 1.78. The second-order valence-corrected chi connectivity index (χ2v) is 5.88. The number of halogens is 3. The molecule has 0 radical (unpaired) electrons. The van der Waals surface area contributed by atoms with E-state index in [0.717, 1.165) is 17.7 Å². The monoisotopic (exact) mass is 310 g/mol. The van der Waals surface area contributed by atoms with E-state index in [1.807, 2.05) is 6.08 Å². The maximum absolute atomic E-state index is 12.8. The van der Waals surface area contributed by atoms with Crippen LogP contribution in [0, 0.1) is 5.92 Å². The quantitative estimate of drug-likeness (QED) is 0.810. The lowest BCUT2D eigenvalue weighted by atomic mass is 9.96. The van der Waals surface area contributed by atoms with Gasteiger partial charge in [0.15, 0.2) is 0 Å². The molecule has 1 aliphatic heterocycles. The van der Waals surface area contributed by atoms with Crippen LogP contribution in [0.4, 0.5) is 13.2 Å². The van der Waals surface area contributed by atoms with Crippen molar-refractivity contribution in [2.45, 2.75) is 31.6 Å². The fourth-order valence-corrected chi connectivity index (χ4v) is 3.07. The summed E-state index contributed by atoms with van der Waals surface area (Å²) < 4.78 is 38.4. The molecule has 118 valence electrons. The van der Waals surface area contributed by atoms with Gasteiger partial charge in [0.05, 0.1) is 11.5 Å². The van der Waals surface area contributed by atoms with Gasteiger partial charge in [-0.25, -0.2) is 0 Å². The standard InChI is InChI=1S/C16H17F3N2O/c17-16(18,19)13-3-1-10-5-6-21(9-12(10)7-13)15(22)11-2-4-14(20)8-11/h1-4,7,11,14H,5-6,8-9,20H2. The molecule has 0 bridgehead atoms. The summed E-state index contributed by atoms with van der Waals surface area (Å²) in [6.45, 7) is 0.772. The Bertz CT molecular complexity index is 624. The summed E-state index contributed by atoms with van der Waals surface area (Å²) in [5, 5.41) is 0. The van der Waals surface area contributed by atoms with Crippen molar-refractivity contribution in [1.82, 2.24) is 4.90 Å². The Morgan fingerprint density at radius 1 is 1.23 bits per heavy atom. The number of fused-ring (bicyclic) bond motifs is 1. The smallest absolute Gasteiger partial charge is 0.338 e. The molecule has 2 unspecified atom stereocenters. The van der Waals surface area contributed by atoms with E-state index in [9.17, 15) is 18.0 Å². The molecule has 0 spiro atoms. The van der Waals surface area contributed by atoms with Crippen molar-refractivity contribution in [2.24, 2.45) is 11.7 Å². The predicted molar refractivity (Wildman–Crippen MR) is 75.8 cm³/mol. The van der Waals surface area contributed by atoms with Crippen molar-refractivity contribution in [3.63, 3.8) is 0 Å². The van der Waals surface area contributed by atoms with Gasteiger partial charge in [-0.3, -0.25) is 4.79 Å². The van der Waals surface area contributed by atoms with Gasteiger partial charge in [0.1, 0.15) is 0 Å². The van der Waals surface area contributed by atoms with E-state index in [0.29, 0.717) is 24.9 Å².